The summed E-state index contributed by atoms with van der Waals surface area (Å²) >= 11 is 3.45. The fourth-order valence-electron chi connectivity index (χ4n) is 2.12. The molecular weight excluding hydrogens is 330 g/mol. The number of hydrogen-bond donors (Lipinski definition) is 1. The van der Waals surface area contributed by atoms with Crippen LogP contribution >= 0.6 is 15.9 Å². The van der Waals surface area contributed by atoms with Crippen LogP contribution in [0.5, 0.6) is 5.75 Å². The van der Waals surface area contributed by atoms with E-state index in [9.17, 15) is 4.79 Å². The molecule has 0 unspecified atom stereocenters. The smallest absolute Gasteiger partial charge is 0.224 e. The normalized spacial score (nSPS) is 10.2. The van der Waals surface area contributed by atoms with Crippen molar-refractivity contribution < 1.29 is 9.53 Å². The number of benzene rings is 2. The van der Waals surface area contributed by atoms with E-state index < -0.39 is 0 Å². The molecule has 21 heavy (non-hydrogen) atoms. The molecule has 0 spiro atoms. The molecule has 2 aromatic rings. The minimum atomic E-state index is 0.0248. The van der Waals surface area contributed by atoms with Crippen molar-refractivity contribution in [2.24, 2.45) is 0 Å². The van der Waals surface area contributed by atoms with Crippen molar-refractivity contribution in [3.63, 3.8) is 0 Å². The maximum atomic E-state index is 11.9. The van der Waals surface area contributed by atoms with Gasteiger partial charge in [-0.25, -0.2) is 0 Å². The lowest BCUT2D eigenvalue weighted by Gasteiger charge is -2.09. The van der Waals surface area contributed by atoms with Crippen LogP contribution in [0.1, 0.15) is 11.1 Å². The van der Waals surface area contributed by atoms with Crippen LogP contribution in [0.2, 0.25) is 0 Å². The number of methoxy groups -OCH3 is 1. The quantitative estimate of drug-likeness (QED) is 0.869. The van der Waals surface area contributed by atoms with Gasteiger partial charge in [0.1, 0.15) is 5.75 Å². The summed E-state index contributed by atoms with van der Waals surface area (Å²) in [7, 11) is 1.66. The van der Waals surface area contributed by atoms with Gasteiger partial charge in [-0.15, -0.1) is 0 Å². The van der Waals surface area contributed by atoms with Gasteiger partial charge < -0.3 is 10.1 Å². The van der Waals surface area contributed by atoms with Gasteiger partial charge in [-0.1, -0.05) is 52.3 Å². The number of amides is 1. The summed E-state index contributed by atoms with van der Waals surface area (Å²) in [6, 6.07) is 15.6. The van der Waals surface area contributed by atoms with Crippen molar-refractivity contribution in [3.8, 4) is 5.75 Å². The van der Waals surface area contributed by atoms with E-state index in [0.29, 0.717) is 13.0 Å². The highest BCUT2D eigenvalue weighted by Gasteiger charge is 2.07. The van der Waals surface area contributed by atoms with Crippen LogP contribution in [-0.2, 0) is 17.6 Å². The van der Waals surface area contributed by atoms with Crippen molar-refractivity contribution in [2.75, 3.05) is 13.7 Å². The monoisotopic (exact) mass is 347 g/mol. The molecule has 1 N–H and O–H groups in total. The molecule has 1 amide bonds. The van der Waals surface area contributed by atoms with Gasteiger partial charge >= 0.3 is 0 Å². The van der Waals surface area contributed by atoms with E-state index in [1.807, 2.05) is 48.5 Å². The van der Waals surface area contributed by atoms with E-state index in [1.54, 1.807) is 7.11 Å². The largest absolute Gasteiger partial charge is 0.496 e. The molecule has 0 heterocycles. The molecule has 0 radical (unpaired) electrons. The standard InChI is InChI=1S/C17H18BrNO2/c1-21-16-9-5-3-6-13(16)10-11-19-17(20)12-14-7-2-4-8-15(14)18/h2-9H,10-12H2,1H3,(H,19,20). The lowest BCUT2D eigenvalue weighted by atomic mass is 10.1. The van der Waals surface area contributed by atoms with E-state index in [2.05, 4.69) is 21.2 Å². The van der Waals surface area contributed by atoms with Crippen molar-refractivity contribution in [3.05, 3.63) is 64.1 Å². The average Bonchev–Trinajstić information content (AvgIpc) is 2.50. The van der Waals surface area contributed by atoms with Crippen molar-refractivity contribution in [1.29, 1.82) is 0 Å². The van der Waals surface area contributed by atoms with Gasteiger partial charge in [0.25, 0.3) is 0 Å². The van der Waals surface area contributed by atoms with Crippen LogP contribution in [0, 0.1) is 0 Å². The summed E-state index contributed by atoms with van der Waals surface area (Å²) in [6.07, 6.45) is 1.14. The molecule has 0 aliphatic carbocycles. The topological polar surface area (TPSA) is 38.3 Å². The number of carbonyl (C=O) groups is 1. The van der Waals surface area contributed by atoms with Crippen LogP contribution in [0.3, 0.4) is 0 Å². The highest BCUT2D eigenvalue weighted by Crippen LogP contribution is 2.18. The Morgan fingerprint density at radius 2 is 1.76 bits per heavy atom. The van der Waals surface area contributed by atoms with Gasteiger partial charge in [0.2, 0.25) is 5.91 Å². The number of para-hydroxylation sites is 1. The first-order valence-corrected chi connectivity index (χ1v) is 7.62. The molecule has 0 atom stereocenters. The zero-order chi connectivity index (χ0) is 15.1. The van der Waals surface area contributed by atoms with Crippen LogP contribution in [0.25, 0.3) is 0 Å². The Hall–Kier alpha value is -1.81. The maximum absolute atomic E-state index is 11.9. The second kappa shape index (κ2) is 7.84. The molecule has 2 rings (SSSR count). The average molecular weight is 348 g/mol. The first-order valence-electron chi connectivity index (χ1n) is 6.82. The third-order valence-corrected chi connectivity index (χ3v) is 3.99. The Balaban J connectivity index is 1.83. The van der Waals surface area contributed by atoms with Crippen LogP contribution < -0.4 is 10.1 Å². The van der Waals surface area contributed by atoms with Crippen molar-refractivity contribution in [1.82, 2.24) is 5.32 Å². The fraction of sp³-hybridized carbons (Fsp3) is 0.235. The second-order valence-electron chi connectivity index (χ2n) is 4.68. The molecule has 0 aromatic heterocycles. The SMILES string of the molecule is COc1ccccc1CCNC(=O)Cc1ccccc1Br. The first kappa shape index (κ1) is 15.6. The fourth-order valence-corrected chi connectivity index (χ4v) is 2.55. The van der Waals surface area contributed by atoms with E-state index in [0.717, 1.165) is 27.8 Å². The minimum absolute atomic E-state index is 0.0248. The van der Waals surface area contributed by atoms with Gasteiger partial charge in [0, 0.05) is 11.0 Å². The first-order chi connectivity index (χ1) is 10.2. The van der Waals surface area contributed by atoms with E-state index in [-0.39, 0.29) is 5.91 Å². The van der Waals surface area contributed by atoms with Gasteiger partial charge in [-0.05, 0) is 29.7 Å². The van der Waals surface area contributed by atoms with E-state index >= 15 is 0 Å². The summed E-state index contributed by atoms with van der Waals surface area (Å²) in [5.41, 5.74) is 2.09. The maximum Gasteiger partial charge on any atom is 0.224 e. The van der Waals surface area contributed by atoms with Gasteiger partial charge in [-0.2, -0.15) is 0 Å². The number of ether oxygens (including phenoxy) is 1. The minimum Gasteiger partial charge on any atom is -0.496 e. The number of hydrogen-bond acceptors (Lipinski definition) is 2. The second-order valence-corrected chi connectivity index (χ2v) is 5.53. The number of nitrogens with one attached hydrogen (secondary N) is 1. The number of rotatable bonds is 6. The molecule has 110 valence electrons. The predicted molar refractivity (Wildman–Crippen MR) is 87.6 cm³/mol. The summed E-state index contributed by atoms with van der Waals surface area (Å²) in [4.78, 5) is 11.9. The third kappa shape index (κ3) is 4.60. The molecule has 0 bridgehead atoms. The molecule has 0 saturated heterocycles. The van der Waals surface area contributed by atoms with Crippen LogP contribution in [0.15, 0.2) is 53.0 Å². The molecular formula is C17H18BrNO2. The number of halogens is 1. The Kier molecular flexibility index (Phi) is 5.81. The Morgan fingerprint density at radius 3 is 2.48 bits per heavy atom. The lowest BCUT2D eigenvalue weighted by molar-refractivity contribution is -0.120. The zero-order valence-electron chi connectivity index (χ0n) is 11.9. The zero-order valence-corrected chi connectivity index (χ0v) is 13.5. The molecule has 3 nitrogen and oxygen atoms in total. The van der Waals surface area contributed by atoms with Crippen LogP contribution in [-0.4, -0.2) is 19.6 Å². The third-order valence-electron chi connectivity index (χ3n) is 3.22. The molecule has 2 aromatic carbocycles. The Labute approximate surface area is 133 Å². The Bertz CT molecular complexity index is 613. The Morgan fingerprint density at radius 1 is 1.10 bits per heavy atom. The van der Waals surface area contributed by atoms with Gasteiger partial charge in [0.05, 0.1) is 13.5 Å². The number of carbonyl (C=O) groups excluding carboxylic acids is 1. The predicted octanol–water partition coefficient (Wildman–Crippen LogP) is 3.36. The highest BCUT2D eigenvalue weighted by atomic mass is 79.9. The molecule has 0 fully saturated rings. The summed E-state index contributed by atoms with van der Waals surface area (Å²) in [5, 5.41) is 2.94. The van der Waals surface area contributed by atoms with Gasteiger partial charge in [-0.3, -0.25) is 4.79 Å². The molecule has 0 aliphatic heterocycles. The highest BCUT2D eigenvalue weighted by molar-refractivity contribution is 9.10. The van der Waals surface area contributed by atoms with Crippen molar-refractivity contribution in [2.45, 2.75) is 12.8 Å². The molecule has 0 aliphatic rings. The van der Waals surface area contributed by atoms with Crippen LogP contribution in [0.4, 0.5) is 0 Å². The lowest BCUT2D eigenvalue weighted by Crippen LogP contribution is -2.27. The summed E-state index contributed by atoms with van der Waals surface area (Å²) in [5.74, 6) is 0.884. The van der Waals surface area contributed by atoms with E-state index in [1.165, 1.54) is 0 Å². The van der Waals surface area contributed by atoms with E-state index in [4.69, 9.17) is 4.74 Å². The van der Waals surface area contributed by atoms with Crippen molar-refractivity contribution >= 4 is 21.8 Å². The summed E-state index contributed by atoms with van der Waals surface area (Å²) < 4.78 is 6.26. The van der Waals surface area contributed by atoms with Gasteiger partial charge in [0.15, 0.2) is 0 Å². The summed E-state index contributed by atoms with van der Waals surface area (Å²) in [6.45, 7) is 0.601. The molecule has 4 heteroatoms. The molecule has 0 saturated carbocycles.